The summed E-state index contributed by atoms with van der Waals surface area (Å²) in [6.45, 7) is 6.27. The van der Waals surface area contributed by atoms with E-state index in [1.807, 2.05) is 24.5 Å². The first-order chi connectivity index (χ1) is 16.7. The van der Waals surface area contributed by atoms with Crippen LogP contribution >= 0.6 is 24.2 Å². The van der Waals surface area contributed by atoms with Gasteiger partial charge in [0.25, 0.3) is 0 Å². The number of fused-ring (bicyclic) bond motifs is 2. The van der Waals surface area contributed by atoms with Crippen molar-refractivity contribution in [2.45, 2.75) is 50.7 Å². The van der Waals surface area contributed by atoms with Crippen LogP contribution in [0.25, 0.3) is 0 Å². The fraction of sp³-hybridized carbons (Fsp3) is 0.536. The third kappa shape index (κ3) is 5.79. The van der Waals surface area contributed by atoms with Crippen molar-refractivity contribution in [3.05, 3.63) is 58.9 Å². The van der Waals surface area contributed by atoms with E-state index in [4.69, 9.17) is 9.47 Å². The smallest absolute Gasteiger partial charge is 0.317 e. The van der Waals surface area contributed by atoms with Gasteiger partial charge in [0.1, 0.15) is 11.1 Å². The first-order valence-electron chi connectivity index (χ1n) is 12.4. The number of benzene rings is 2. The van der Waals surface area contributed by atoms with Crippen molar-refractivity contribution in [3.63, 3.8) is 0 Å². The summed E-state index contributed by atoms with van der Waals surface area (Å²) in [4.78, 5) is 14.8. The average molecular weight is 538 g/mol. The summed E-state index contributed by atoms with van der Waals surface area (Å²) in [6, 6.07) is 11.1. The Morgan fingerprint density at radius 1 is 1.19 bits per heavy atom. The van der Waals surface area contributed by atoms with E-state index in [2.05, 4.69) is 31.9 Å². The Hall–Kier alpha value is -1.96. The van der Waals surface area contributed by atoms with Gasteiger partial charge in [-0.1, -0.05) is 26.0 Å². The van der Waals surface area contributed by atoms with Crippen LogP contribution in [0.5, 0.6) is 11.5 Å². The number of carbonyl (C=O) groups is 1. The van der Waals surface area contributed by atoms with E-state index in [0.717, 1.165) is 55.0 Å². The van der Waals surface area contributed by atoms with Crippen LogP contribution in [0.15, 0.2) is 36.4 Å². The van der Waals surface area contributed by atoms with Gasteiger partial charge in [-0.15, -0.1) is 24.2 Å². The summed E-state index contributed by atoms with van der Waals surface area (Å²) in [7, 11) is 2.10. The molecule has 0 spiro atoms. The molecule has 8 heteroatoms. The molecule has 0 aromatic heterocycles. The third-order valence-corrected chi connectivity index (χ3v) is 8.89. The highest BCUT2D eigenvalue weighted by Crippen LogP contribution is 2.56. The largest absolute Gasteiger partial charge is 0.480 e. The highest BCUT2D eigenvalue weighted by atomic mass is 35.5. The number of nitrogens with zero attached hydrogens (tertiary/aromatic N) is 1. The predicted octanol–water partition coefficient (Wildman–Crippen LogP) is 6.03. The number of aliphatic carboxylic acids is 1. The van der Waals surface area contributed by atoms with Crippen molar-refractivity contribution in [2.75, 3.05) is 33.2 Å². The lowest BCUT2D eigenvalue weighted by molar-refractivity contribution is -0.140. The molecule has 36 heavy (non-hydrogen) atoms. The monoisotopic (exact) mass is 537 g/mol. The highest BCUT2D eigenvalue weighted by Gasteiger charge is 2.52. The van der Waals surface area contributed by atoms with E-state index in [1.165, 1.54) is 23.4 Å². The molecule has 2 aromatic rings. The molecule has 0 fully saturated rings. The first kappa shape index (κ1) is 28.6. The molecule has 1 heterocycles. The summed E-state index contributed by atoms with van der Waals surface area (Å²) in [6.07, 6.45) is 5.02. The molecule has 4 rings (SSSR count). The van der Waals surface area contributed by atoms with Crippen LogP contribution in [0.4, 0.5) is 4.39 Å². The molecule has 0 saturated carbocycles. The Balaban J connectivity index is 0.00000361. The van der Waals surface area contributed by atoms with Gasteiger partial charge in [-0.2, -0.15) is 0 Å². The molecule has 1 aliphatic heterocycles. The number of hydrogen-bond acceptors (Lipinski definition) is 5. The zero-order valence-corrected chi connectivity index (χ0v) is 23.1. The Morgan fingerprint density at radius 3 is 2.64 bits per heavy atom. The maximum absolute atomic E-state index is 14.0. The molecular weight excluding hydrogens is 501 g/mol. The van der Waals surface area contributed by atoms with Crippen LogP contribution in [0.1, 0.15) is 49.3 Å². The van der Waals surface area contributed by atoms with Crippen LogP contribution in [-0.2, 0) is 17.6 Å². The fourth-order valence-corrected chi connectivity index (χ4v) is 7.22. The number of carboxylic acids is 1. The third-order valence-electron chi connectivity index (χ3n) is 7.75. The number of likely N-dealkylation sites (N-methyl/N-ethyl adjacent to an activating group) is 1. The summed E-state index contributed by atoms with van der Waals surface area (Å²) >= 11 is 1.44. The minimum atomic E-state index is -0.753. The number of thioether (sulfide) groups is 1. The molecule has 0 saturated heterocycles. The first-order valence-corrected chi connectivity index (χ1v) is 13.6. The molecule has 0 bridgehead atoms. The molecule has 5 nitrogen and oxygen atoms in total. The molecule has 0 amide bonds. The van der Waals surface area contributed by atoms with Crippen molar-refractivity contribution in [3.8, 4) is 11.5 Å². The number of aryl methyl sites for hydroxylation is 1. The van der Waals surface area contributed by atoms with Gasteiger partial charge < -0.3 is 19.5 Å². The van der Waals surface area contributed by atoms with Crippen molar-refractivity contribution in [2.24, 2.45) is 11.3 Å². The zero-order chi connectivity index (χ0) is 25.2. The van der Waals surface area contributed by atoms with Gasteiger partial charge in [0.15, 0.2) is 11.5 Å². The Labute approximate surface area is 224 Å². The molecule has 0 radical (unpaired) electrons. The van der Waals surface area contributed by atoms with Crippen LogP contribution in [0.2, 0.25) is 0 Å². The average Bonchev–Trinajstić information content (AvgIpc) is 3.29. The van der Waals surface area contributed by atoms with E-state index in [9.17, 15) is 14.3 Å². The molecule has 198 valence electrons. The zero-order valence-electron chi connectivity index (χ0n) is 21.5. The van der Waals surface area contributed by atoms with Crippen molar-refractivity contribution in [1.29, 1.82) is 0 Å². The molecule has 1 N–H and O–H groups in total. The van der Waals surface area contributed by atoms with Gasteiger partial charge in [-0.25, -0.2) is 4.39 Å². The van der Waals surface area contributed by atoms with Gasteiger partial charge in [0.05, 0.1) is 0 Å². The van der Waals surface area contributed by atoms with Crippen molar-refractivity contribution >= 4 is 30.1 Å². The number of rotatable bonds is 10. The van der Waals surface area contributed by atoms with Crippen LogP contribution in [0, 0.1) is 17.2 Å². The van der Waals surface area contributed by atoms with E-state index < -0.39 is 16.6 Å². The second kappa shape index (κ2) is 12.1. The Bertz CT molecular complexity index is 1070. The standard InChI is InChI=1S/C28H36FNO4S.ClH/c1-18(2)25-22-7-6-21(29)16-20(22)9-11-28(25,26(35-4)27(31)32)12-14-30(3)13-10-19-5-8-23-24(15-19)34-17-33-23;/h5-8,15-16,18,25-26H,9-14,17H2,1-4H3,(H,31,32);1H/t25?,26-,28?;/m0./s1. The lowest BCUT2D eigenvalue weighted by Gasteiger charge is -2.50. The van der Waals surface area contributed by atoms with Gasteiger partial charge in [-0.05, 0) is 98.3 Å². The number of ether oxygens (including phenoxy) is 2. The predicted molar refractivity (Wildman–Crippen MR) is 145 cm³/mol. The maximum atomic E-state index is 14.0. The lowest BCUT2D eigenvalue weighted by Crippen LogP contribution is -2.49. The molecule has 2 aliphatic rings. The summed E-state index contributed by atoms with van der Waals surface area (Å²) in [5, 5.41) is 9.74. The molecule has 3 atom stereocenters. The SMILES string of the molecule is CS[C@@H](C(=O)O)C1(CCN(C)CCc2ccc3c(c2)OCO3)CCc2cc(F)ccc2C1C(C)C.Cl. The quantitative estimate of drug-likeness (QED) is 0.399. The second-order valence-corrected chi connectivity index (χ2v) is 11.2. The summed E-state index contributed by atoms with van der Waals surface area (Å²) < 4.78 is 24.9. The normalized spacial score (nSPS) is 21.2. The van der Waals surface area contributed by atoms with Crippen LogP contribution in [-0.4, -0.2) is 54.4 Å². The van der Waals surface area contributed by atoms with Crippen molar-refractivity contribution < 1.29 is 23.8 Å². The molecular formula is C28H37ClFNO4S. The highest BCUT2D eigenvalue weighted by molar-refractivity contribution is 7.99. The topological polar surface area (TPSA) is 59.0 Å². The van der Waals surface area contributed by atoms with Crippen LogP contribution in [0.3, 0.4) is 0 Å². The minimum absolute atomic E-state index is 0. The molecule has 2 unspecified atom stereocenters. The van der Waals surface area contributed by atoms with Crippen molar-refractivity contribution in [1.82, 2.24) is 4.90 Å². The number of halogens is 2. The van der Waals surface area contributed by atoms with Gasteiger partial charge in [0, 0.05) is 12.0 Å². The maximum Gasteiger partial charge on any atom is 0.317 e. The van der Waals surface area contributed by atoms with E-state index in [1.54, 1.807) is 6.07 Å². The van der Waals surface area contributed by atoms with Crippen LogP contribution < -0.4 is 9.47 Å². The summed E-state index contributed by atoms with van der Waals surface area (Å²) in [5.74, 6) is 0.914. The van der Waals surface area contributed by atoms with E-state index in [-0.39, 0.29) is 36.9 Å². The Morgan fingerprint density at radius 2 is 1.94 bits per heavy atom. The Kier molecular flexibility index (Phi) is 9.58. The van der Waals surface area contributed by atoms with Gasteiger partial charge in [-0.3, -0.25) is 4.79 Å². The lowest BCUT2D eigenvalue weighted by atomic mass is 9.57. The number of carboxylic acid groups (broad SMARTS) is 1. The van der Waals surface area contributed by atoms with Gasteiger partial charge in [0.2, 0.25) is 6.79 Å². The second-order valence-electron chi connectivity index (χ2n) is 10.2. The minimum Gasteiger partial charge on any atom is -0.480 e. The molecule has 1 aliphatic carbocycles. The van der Waals surface area contributed by atoms with E-state index >= 15 is 0 Å². The summed E-state index contributed by atoms with van der Waals surface area (Å²) in [5.41, 5.74) is 2.94. The van der Waals surface area contributed by atoms with Gasteiger partial charge >= 0.3 is 5.97 Å². The molecule has 2 aromatic carbocycles. The fourth-order valence-electron chi connectivity index (χ4n) is 6.16. The van der Waals surface area contributed by atoms with E-state index in [0.29, 0.717) is 6.42 Å². The number of hydrogen-bond donors (Lipinski definition) is 1.